The van der Waals surface area contributed by atoms with Gasteiger partial charge in [-0.1, -0.05) is 23.7 Å². The number of anilines is 1. The standard InChI is InChI=1S/C20H20ClFN4O/c21-17-4-1-15(2-5-17)13-24-20(27)14-25-7-9-26(10-8-25)19-6-3-16(12-23)11-18(19)22/h1-6,11H,7-10,13-14H2,(H,24,27). The molecule has 0 spiro atoms. The smallest absolute Gasteiger partial charge is 0.234 e. The average molecular weight is 387 g/mol. The third-order valence-corrected chi connectivity index (χ3v) is 4.81. The highest BCUT2D eigenvalue weighted by Gasteiger charge is 2.21. The van der Waals surface area contributed by atoms with Gasteiger partial charge in [0.05, 0.1) is 23.9 Å². The van der Waals surface area contributed by atoms with Gasteiger partial charge in [-0.3, -0.25) is 9.69 Å². The number of nitrogens with zero attached hydrogens (tertiary/aromatic N) is 3. The van der Waals surface area contributed by atoms with E-state index in [1.807, 2.05) is 23.1 Å². The molecular formula is C20H20ClFN4O. The zero-order chi connectivity index (χ0) is 19.2. The van der Waals surface area contributed by atoms with Crippen molar-refractivity contribution in [3.63, 3.8) is 0 Å². The summed E-state index contributed by atoms with van der Waals surface area (Å²) in [6.45, 7) is 3.39. The molecule has 1 saturated heterocycles. The van der Waals surface area contributed by atoms with Crippen molar-refractivity contribution >= 4 is 23.2 Å². The number of hydrogen-bond acceptors (Lipinski definition) is 4. The van der Waals surface area contributed by atoms with E-state index in [0.29, 0.717) is 55.5 Å². The van der Waals surface area contributed by atoms with Crippen LogP contribution in [0.2, 0.25) is 5.02 Å². The lowest BCUT2D eigenvalue weighted by Gasteiger charge is -2.35. The molecule has 0 atom stereocenters. The van der Waals surface area contributed by atoms with Crippen LogP contribution in [-0.4, -0.2) is 43.5 Å². The Bertz CT molecular complexity index is 842. The minimum absolute atomic E-state index is 0.0389. The lowest BCUT2D eigenvalue weighted by Crippen LogP contribution is -2.49. The number of benzene rings is 2. The van der Waals surface area contributed by atoms with E-state index in [4.69, 9.17) is 16.9 Å². The normalized spacial score (nSPS) is 14.6. The van der Waals surface area contributed by atoms with Gasteiger partial charge in [-0.05, 0) is 35.9 Å². The first-order valence-corrected chi connectivity index (χ1v) is 9.11. The van der Waals surface area contributed by atoms with Crippen molar-refractivity contribution in [3.8, 4) is 6.07 Å². The lowest BCUT2D eigenvalue weighted by atomic mass is 10.2. The molecule has 0 saturated carbocycles. The quantitative estimate of drug-likeness (QED) is 0.858. The molecular weight excluding hydrogens is 367 g/mol. The number of carbonyl (C=O) groups is 1. The van der Waals surface area contributed by atoms with Crippen molar-refractivity contribution < 1.29 is 9.18 Å². The van der Waals surface area contributed by atoms with Crippen LogP contribution in [0.25, 0.3) is 0 Å². The van der Waals surface area contributed by atoms with E-state index in [1.165, 1.54) is 6.07 Å². The molecule has 7 heteroatoms. The average Bonchev–Trinajstić information content (AvgIpc) is 2.68. The van der Waals surface area contributed by atoms with Crippen molar-refractivity contribution in [2.24, 2.45) is 0 Å². The summed E-state index contributed by atoms with van der Waals surface area (Å²) in [6.07, 6.45) is 0. The molecule has 140 valence electrons. The first-order chi connectivity index (χ1) is 13.0. The fourth-order valence-corrected chi connectivity index (χ4v) is 3.17. The highest BCUT2D eigenvalue weighted by Crippen LogP contribution is 2.21. The number of rotatable bonds is 5. The molecule has 0 radical (unpaired) electrons. The molecule has 5 nitrogen and oxygen atoms in total. The molecule has 0 aliphatic carbocycles. The van der Waals surface area contributed by atoms with Crippen LogP contribution in [0.1, 0.15) is 11.1 Å². The third kappa shape index (κ3) is 5.19. The van der Waals surface area contributed by atoms with Gasteiger partial charge < -0.3 is 10.2 Å². The summed E-state index contributed by atoms with van der Waals surface area (Å²) in [7, 11) is 0. The maximum atomic E-state index is 14.1. The van der Waals surface area contributed by atoms with Gasteiger partial charge in [-0.25, -0.2) is 4.39 Å². The van der Waals surface area contributed by atoms with Crippen molar-refractivity contribution in [3.05, 3.63) is 64.4 Å². The Morgan fingerprint density at radius 3 is 2.48 bits per heavy atom. The number of amides is 1. The van der Waals surface area contributed by atoms with Gasteiger partial charge in [-0.2, -0.15) is 5.26 Å². The van der Waals surface area contributed by atoms with Crippen LogP contribution in [0.15, 0.2) is 42.5 Å². The minimum Gasteiger partial charge on any atom is -0.367 e. The van der Waals surface area contributed by atoms with Gasteiger partial charge in [-0.15, -0.1) is 0 Å². The second-order valence-corrected chi connectivity index (χ2v) is 6.88. The lowest BCUT2D eigenvalue weighted by molar-refractivity contribution is -0.122. The summed E-state index contributed by atoms with van der Waals surface area (Å²) in [5.41, 5.74) is 1.81. The molecule has 1 aliphatic heterocycles. The first kappa shape index (κ1) is 19.2. The van der Waals surface area contributed by atoms with Crippen molar-refractivity contribution in [2.75, 3.05) is 37.6 Å². The van der Waals surface area contributed by atoms with E-state index in [-0.39, 0.29) is 11.7 Å². The molecule has 1 aliphatic rings. The Hall–Kier alpha value is -2.62. The van der Waals surface area contributed by atoms with Crippen LogP contribution in [0.4, 0.5) is 10.1 Å². The predicted octanol–water partition coefficient (Wildman–Crippen LogP) is 2.79. The highest BCUT2D eigenvalue weighted by molar-refractivity contribution is 6.30. The molecule has 1 heterocycles. The summed E-state index contributed by atoms with van der Waals surface area (Å²) >= 11 is 5.85. The maximum Gasteiger partial charge on any atom is 0.234 e. The van der Waals surface area contributed by atoms with Crippen molar-refractivity contribution in [1.29, 1.82) is 5.26 Å². The van der Waals surface area contributed by atoms with Gasteiger partial charge in [0.1, 0.15) is 5.82 Å². The summed E-state index contributed by atoms with van der Waals surface area (Å²) in [5, 5.41) is 12.4. The monoisotopic (exact) mass is 386 g/mol. The second-order valence-electron chi connectivity index (χ2n) is 6.44. The fraction of sp³-hybridized carbons (Fsp3) is 0.300. The minimum atomic E-state index is -0.386. The van der Waals surface area contributed by atoms with Gasteiger partial charge in [0.15, 0.2) is 0 Å². The first-order valence-electron chi connectivity index (χ1n) is 8.73. The summed E-state index contributed by atoms with van der Waals surface area (Å²) in [6, 6.07) is 13.8. The zero-order valence-electron chi connectivity index (χ0n) is 14.8. The molecule has 2 aromatic rings. The van der Waals surface area contributed by atoms with Crippen LogP contribution in [0.3, 0.4) is 0 Å². The number of nitrogens with one attached hydrogen (secondary N) is 1. The third-order valence-electron chi connectivity index (χ3n) is 4.56. The van der Waals surface area contributed by atoms with Crippen LogP contribution in [0.5, 0.6) is 0 Å². The number of halogens is 2. The van der Waals surface area contributed by atoms with Gasteiger partial charge >= 0.3 is 0 Å². The van der Waals surface area contributed by atoms with E-state index in [1.54, 1.807) is 24.3 Å². The van der Waals surface area contributed by atoms with Crippen LogP contribution >= 0.6 is 11.6 Å². The van der Waals surface area contributed by atoms with Crippen LogP contribution < -0.4 is 10.2 Å². The molecule has 2 aromatic carbocycles. The number of nitriles is 1. The number of piperazine rings is 1. The molecule has 0 bridgehead atoms. The molecule has 0 unspecified atom stereocenters. The summed E-state index contributed by atoms with van der Waals surface area (Å²) < 4.78 is 14.1. The Kier molecular flexibility index (Phi) is 6.28. The van der Waals surface area contributed by atoms with Gasteiger partial charge in [0, 0.05) is 37.7 Å². The highest BCUT2D eigenvalue weighted by atomic mass is 35.5. The van der Waals surface area contributed by atoms with Crippen LogP contribution in [0, 0.1) is 17.1 Å². The molecule has 1 amide bonds. The Morgan fingerprint density at radius 1 is 1.15 bits per heavy atom. The van der Waals surface area contributed by atoms with E-state index < -0.39 is 0 Å². The fourth-order valence-electron chi connectivity index (χ4n) is 3.04. The van der Waals surface area contributed by atoms with Crippen molar-refractivity contribution in [1.82, 2.24) is 10.2 Å². The number of hydrogen-bond donors (Lipinski definition) is 1. The molecule has 1 N–H and O–H groups in total. The second kappa shape index (κ2) is 8.85. The summed E-state index contributed by atoms with van der Waals surface area (Å²) in [5.74, 6) is -0.425. The molecule has 0 aromatic heterocycles. The van der Waals surface area contributed by atoms with Gasteiger partial charge in [0.25, 0.3) is 0 Å². The Labute approximate surface area is 162 Å². The topological polar surface area (TPSA) is 59.4 Å². The van der Waals surface area contributed by atoms with Crippen LogP contribution in [-0.2, 0) is 11.3 Å². The largest absolute Gasteiger partial charge is 0.367 e. The predicted molar refractivity (Wildman–Crippen MR) is 103 cm³/mol. The van der Waals surface area contributed by atoms with Crippen molar-refractivity contribution in [2.45, 2.75) is 6.54 Å². The van der Waals surface area contributed by atoms with Gasteiger partial charge in [0.2, 0.25) is 5.91 Å². The maximum absolute atomic E-state index is 14.1. The zero-order valence-corrected chi connectivity index (χ0v) is 15.5. The molecule has 27 heavy (non-hydrogen) atoms. The van der Waals surface area contributed by atoms with E-state index >= 15 is 0 Å². The SMILES string of the molecule is N#Cc1ccc(N2CCN(CC(=O)NCc3ccc(Cl)cc3)CC2)c(F)c1. The molecule has 1 fully saturated rings. The van der Waals surface area contributed by atoms with E-state index in [2.05, 4.69) is 10.2 Å². The Morgan fingerprint density at radius 2 is 1.85 bits per heavy atom. The Balaban J connectivity index is 1.45. The van der Waals surface area contributed by atoms with E-state index in [0.717, 1.165) is 5.56 Å². The number of carbonyl (C=O) groups excluding carboxylic acids is 1. The summed E-state index contributed by atoms with van der Waals surface area (Å²) in [4.78, 5) is 16.1. The van der Waals surface area contributed by atoms with E-state index in [9.17, 15) is 9.18 Å². The molecule has 3 rings (SSSR count).